The third-order valence-electron chi connectivity index (χ3n) is 2.98. The quantitative estimate of drug-likeness (QED) is 0.772. The highest BCUT2D eigenvalue weighted by atomic mass is 16.3. The van der Waals surface area contributed by atoms with E-state index in [0.717, 1.165) is 18.8 Å². The van der Waals surface area contributed by atoms with E-state index in [-0.39, 0.29) is 6.61 Å². The fourth-order valence-corrected chi connectivity index (χ4v) is 2.07. The summed E-state index contributed by atoms with van der Waals surface area (Å²) in [4.78, 5) is 4.33. The minimum Gasteiger partial charge on any atom is -0.394 e. The predicted octanol–water partition coefficient (Wildman–Crippen LogP) is 0.296. The minimum absolute atomic E-state index is 0.186. The van der Waals surface area contributed by atoms with Crippen LogP contribution in [-0.4, -0.2) is 49.6 Å². The Bertz CT molecular complexity index is 357. The van der Waals surface area contributed by atoms with Gasteiger partial charge in [-0.25, -0.2) is 0 Å². The second-order valence-electron chi connectivity index (χ2n) is 4.19. The number of para-hydroxylation sites is 2. The molecule has 1 heterocycles. The molecule has 0 bridgehead atoms. The van der Waals surface area contributed by atoms with Crippen molar-refractivity contribution >= 4 is 11.4 Å². The van der Waals surface area contributed by atoms with Crippen molar-refractivity contribution < 1.29 is 10.2 Å². The number of rotatable bonds is 3. The Morgan fingerprint density at radius 2 is 1.94 bits per heavy atom. The van der Waals surface area contributed by atoms with Crippen LogP contribution in [0.4, 0.5) is 11.4 Å². The Morgan fingerprint density at radius 3 is 2.62 bits per heavy atom. The van der Waals surface area contributed by atoms with Crippen molar-refractivity contribution in [3.8, 4) is 0 Å². The molecule has 1 aliphatic rings. The van der Waals surface area contributed by atoms with Crippen molar-refractivity contribution in [2.24, 2.45) is 0 Å². The second-order valence-corrected chi connectivity index (χ2v) is 4.19. The van der Waals surface area contributed by atoms with Crippen LogP contribution >= 0.6 is 0 Å². The molecule has 1 aromatic rings. The Kier molecular flexibility index (Phi) is 3.31. The molecule has 0 aromatic heterocycles. The van der Waals surface area contributed by atoms with Crippen LogP contribution in [0.5, 0.6) is 0 Å². The molecule has 1 unspecified atom stereocenters. The van der Waals surface area contributed by atoms with Gasteiger partial charge in [0.1, 0.15) is 0 Å². The van der Waals surface area contributed by atoms with E-state index < -0.39 is 6.10 Å². The van der Waals surface area contributed by atoms with Gasteiger partial charge in [0, 0.05) is 26.7 Å². The second kappa shape index (κ2) is 4.72. The van der Waals surface area contributed by atoms with Crippen LogP contribution in [0.15, 0.2) is 24.3 Å². The zero-order valence-corrected chi connectivity index (χ0v) is 9.50. The molecule has 1 atom stereocenters. The van der Waals surface area contributed by atoms with Crippen molar-refractivity contribution in [2.45, 2.75) is 6.10 Å². The fourth-order valence-electron chi connectivity index (χ4n) is 2.07. The number of aliphatic hydroxyl groups is 2. The van der Waals surface area contributed by atoms with Crippen LogP contribution in [0.2, 0.25) is 0 Å². The first-order valence-electron chi connectivity index (χ1n) is 5.56. The third-order valence-corrected chi connectivity index (χ3v) is 2.98. The van der Waals surface area contributed by atoms with Crippen molar-refractivity contribution in [1.82, 2.24) is 0 Å². The monoisotopic (exact) mass is 222 g/mol. The molecule has 1 aromatic carbocycles. The van der Waals surface area contributed by atoms with Gasteiger partial charge in [-0.2, -0.15) is 0 Å². The summed E-state index contributed by atoms with van der Waals surface area (Å²) in [6.45, 7) is 2.12. The predicted molar refractivity (Wildman–Crippen MR) is 65.0 cm³/mol. The van der Waals surface area contributed by atoms with E-state index in [9.17, 15) is 5.11 Å². The molecule has 0 amide bonds. The van der Waals surface area contributed by atoms with E-state index in [1.807, 2.05) is 12.1 Å². The van der Waals surface area contributed by atoms with Gasteiger partial charge in [-0.05, 0) is 12.1 Å². The Hall–Kier alpha value is -1.26. The van der Waals surface area contributed by atoms with Gasteiger partial charge in [-0.15, -0.1) is 0 Å². The zero-order valence-electron chi connectivity index (χ0n) is 9.50. The summed E-state index contributed by atoms with van der Waals surface area (Å²) in [5, 5.41) is 18.4. The third kappa shape index (κ3) is 2.13. The molecule has 0 saturated carbocycles. The minimum atomic E-state index is -0.670. The fraction of sp³-hybridized carbons (Fsp3) is 0.500. The molecule has 2 rings (SSSR count). The lowest BCUT2D eigenvalue weighted by Gasteiger charge is -2.37. The summed E-state index contributed by atoms with van der Waals surface area (Å²) in [5.74, 6) is 0. The van der Waals surface area contributed by atoms with Crippen LogP contribution in [-0.2, 0) is 0 Å². The van der Waals surface area contributed by atoms with Gasteiger partial charge >= 0.3 is 0 Å². The van der Waals surface area contributed by atoms with Gasteiger partial charge < -0.3 is 20.0 Å². The maximum atomic E-state index is 9.50. The van der Waals surface area contributed by atoms with Crippen LogP contribution in [0, 0.1) is 0 Å². The first kappa shape index (κ1) is 11.2. The van der Waals surface area contributed by atoms with Gasteiger partial charge in [-0.3, -0.25) is 0 Å². The summed E-state index contributed by atoms with van der Waals surface area (Å²) >= 11 is 0. The lowest BCUT2D eigenvalue weighted by molar-refractivity contribution is 0.0998. The molecule has 0 radical (unpaired) electrons. The largest absolute Gasteiger partial charge is 0.394 e. The summed E-state index contributed by atoms with van der Waals surface area (Å²) in [5.41, 5.74) is 2.31. The average Bonchev–Trinajstić information content (AvgIpc) is 2.33. The topological polar surface area (TPSA) is 46.9 Å². The highest BCUT2D eigenvalue weighted by Gasteiger charge is 2.21. The van der Waals surface area contributed by atoms with Gasteiger partial charge in [0.05, 0.1) is 24.1 Å². The first-order valence-corrected chi connectivity index (χ1v) is 5.56. The summed E-state index contributed by atoms with van der Waals surface area (Å²) < 4.78 is 0. The van der Waals surface area contributed by atoms with Gasteiger partial charge in [-0.1, -0.05) is 12.1 Å². The number of fused-ring (bicyclic) bond motifs is 1. The number of hydrogen-bond donors (Lipinski definition) is 2. The van der Waals surface area contributed by atoms with Crippen molar-refractivity contribution in [1.29, 1.82) is 0 Å². The Morgan fingerprint density at radius 1 is 1.25 bits per heavy atom. The van der Waals surface area contributed by atoms with Gasteiger partial charge in [0.15, 0.2) is 0 Å². The van der Waals surface area contributed by atoms with Crippen LogP contribution in [0.1, 0.15) is 0 Å². The lowest BCUT2D eigenvalue weighted by Crippen LogP contribution is -2.43. The highest BCUT2D eigenvalue weighted by molar-refractivity contribution is 5.73. The smallest absolute Gasteiger partial charge is 0.0945 e. The number of hydrogen-bond acceptors (Lipinski definition) is 4. The molecule has 0 saturated heterocycles. The molecule has 2 N–H and O–H groups in total. The van der Waals surface area contributed by atoms with Crippen LogP contribution in [0.3, 0.4) is 0 Å². The zero-order chi connectivity index (χ0) is 11.5. The molecule has 0 fully saturated rings. The average molecular weight is 222 g/mol. The van der Waals surface area contributed by atoms with Crippen LogP contribution in [0.25, 0.3) is 0 Å². The number of anilines is 2. The van der Waals surface area contributed by atoms with E-state index in [1.54, 1.807) is 0 Å². The summed E-state index contributed by atoms with van der Waals surface area (Å²) in [6.07, 6.45) is -0.670. The maximum absolute atomic E-state index is 9.50. The molecule has 16 heavy (non-hydrogen) atoms. The number of nitrogens with zero attached hydrogens (tertiary/aromatic N) is 2. The van der Waals surface area contributed by atoms with E-state index in [1.165, 1.54) is 5.69 Å². The normalized spacial score (nSPS) is 17.2. The number of β-amino-alcohol motifs (C(OH)–C–C–N with tert-alkyl or cyclic N) is 1. The highest BCUT2D eigenvalue weighted by Crippen LogP contribution is 2.31. The molecule has 4 nitrogen and oxygen atoms in total. The number of likely N-dealkylation sites (N-methyl/N-ethyl adjacent to an activating group) is 1. The standard InChI is InChI=1S/C12H18N2O2/c1-13-6-7-14(8-10(16)9-15)12-5-3-2-4-11(12)13/h2-5,10,15-16H,6-9H2,1H3. The van der Waals surface area contributed by atoms with E-state index >= 15 is 0 Å². The first-order chi connectivity index (χ1) is 7.72. The molecule has 4 heteroatoms. The van der Waals surface area contributed by atoms with E-state index in [0.29, 0.717) is 6.54 Å². The number of aliphatic hydroxyl groups excluding tert-OH is 2. The summed E-state index contributed by atoms with van der Waals surface area (Å²) in [7, 11) is 2.07. The molecule has 1 aliphatic heterocycles. The molecular formula is C12H18N2O2. The Balaban J connectivity index is 2.21. The van der Waals surface area contributed by atoms with E-state index in [2.05, 4.69) is 29.0 Å². The SMILES string of the molecule is CN1CCN(CC(O)CO)c2ccccc21. The molecule has 88 valence electrons. The van der Waals surface area contributed by atoms with Crippen molar-refractivity contribution in [2.75, 3.05) is 43.1 Å². The lowest BCUT2D eigenvalue weighted by atomic mass is 10.1. The maximum Gasteiger partial charge on any atom is 0.0945 e. The number of benzene rings is 1. The van der Waals surface area contributed by atoms with Gasteiger partial charge in [0.25, 0.3) is 0 Å². The van der Waals surface area contributed by atoms with E-state index in [4.69, 9.17) is 5.11 Å². The van der Waals surface area contributed by atoms with Crippen LogP contribution < -0.4 is 9.80 Å². The molecule has 0 aliphatic carbocycles. The van der Waals surface area contributed by atoms with Crippen molar-refractivity contribution in [3.05, 3.63) is 24.3 Å². The Labute approximate surface area is 95.7 Å². The van der Waals surface area contributed by atoms with Gasteiger partial charge in [0.2, 0.25) is 0 Å². The molecular weight excluding hydrogens is 204 g/mol. The van der Waals surface area contributed by atoms with Crippen molar-refractivity contribution in [3.63, 3.8) is 0 Å². The molecule has 0 spiro atoms. The summed E-state index contributed by atoms with van der Waals surface area (Å²) in [6, 6.07) is 8.14.